The summed E-state index contributed by atoms with van der Waals surface area (Å²) in [6, 6.07) is 3.61. The average molecular weight is 229 g/mol. The highest BCUT2D eigenvalue weighted by atomic mass is 16.3. The number of nitrogen functional groups attached to an aromatic ring is 1. The molecule has 2 aromatic rings. The van der Waals surface area contributed by atoms with Crippen molar-refractivity contribution in [2.24, 2.45) is 0 Å². The number of aryl methyl sites for hydroxylation is 1. The minimum Gasteiger partial charge on any atom is -0.398 e. The Bertz CT molecular complexity index is 514. The van der Waals surface area contributed by atoms with Crippen molar-refractivity contribution in [2.75, 3.05) is 5.73 Å². The lowest BCUT2D eigenvalue weighted by Gasteiger charge is -2.13. The van der Waals surface area contributed by atoms with Gasteiger partial charge in [-0.25, -0.2) is 0 Å². The van der Waals surface area contributed by atoms with Crippen LogP contribution in [0.25, 0.3) is 0 Å². The van der Waals surface area contributed by atoms with Crippen LogP contribution in [-0.4, -0.2) is 15.1 Å². The van der Waals surface area contributed by atoms with Crippen LogP contribution in [0.5, 0.6) is 0 Å². The first-order chi connectivity index (χ1) is 8.18. The van der Waals surface area contributed by atoms with Gasteiger partial charge >= 0.3 is 0 Å². The van der Waals surface area contributed by atoms with E-state index in [2.05, 4.69) is 9.97 Å². The number of nitrogens with zero attached hydrogens (tertiary/aromatic N) is 2. The summed E-state index contributed by atoms with van der Waals surface area (Å²) in [5, 5.41) is 10.2. The van der Waals surface area contributed by atoms with Gasteiger partial charge in [0.1, 0.15) is 0 Å². The summed E-state index contributed by atoms with van der Waals surface area (Å²) in [5.74, 6) is 0. The number of pyridine rings is 2. The van der Waals surface area contributed by atoms with Crippen LogP contribution in [0.3, 0.4) is 0 Å². The van der Waals surface area contributed by atoms with E-state index < -0.39 is 6.10 Å². The van der Waals surface area contributed by atoms with E-state index in [1.54, 1.807) is 30.9 Å². The lowest BCUT2D eigenvalue weighted by Crippen LogP contribution is -2.06. The summed E-state index contributed by atoms with van der Waals surface area (Å²) < 4.78 is 0. The average Bonchev–Trinajstić information content (AvgIpc) is 2.32. The highest BCUT2D eigenvalue weighted by Gasteiger charge is 2.12. The molecule has 3 N–H and O–H groups in total. The van der Waals surface area contributed by atoms with Crippen molar-refractivity contribution >= 4 is 5.69 Å². The molecule has 1 unspecified atom stereocenters. The van der Waals surface area contributed by atoms with Gasteiger partial charge < -0.3 is 10.8 Å². The molecule has 2 heterocycles. The largest absolute Gasteiger partial charge is 0.398 e. The van der Waals surface area contributed by atoms with E-state index in [0.29, 0.717) is 12.1 Å². The molecule has 4 heteroatoms. The Labute approximate surface area is 100 Å². The van der Waals surface area contributed by atoms with Gasteiger partial charge in [-0.1, -0.05) is 0 Å². The SMILES string of the molecule is Cc1ccncc1C(O)Cc1cnccc1N. The van der Waals surface area contributed by atoms with Crippen LogP contribution >= 0.6 is 0 Å². The maximum absolute atomic E-state index is 10.2. The number of aliphatic hydroxyl groups is 1. The zero-order valence-electron chi connectivity index (χ0n) is 9.67. The van der Waals surface area contributed by atoms with E-state index >= 15 is 0 Å². The van der Waals surface area contributed by atoms with Crippen LogP contribution in [0.15, 0.2) is 36.9 Å². The first-order valence-electron chi connectivity index (χ1n) is 5.45. The van der Waals surface area contributed by atoms with E-state index in [1.807, 2.05) is 13.0 Å². The topological polar surface area (TPSA) is 72.0 Å². The number of anilines is 1. The highest BCUT2D eigenvalue weighted by Crippen LogP contribution is 2.22. The zero-order chi connectivity index (χ0) is 12.3. The quantitative estimate of drug-likeness (QED) is 0.839. The van der Waals surface area contributed by atoms with Crippen molar-refractivity contribution in [3.05, 3.63) is 53.6 Å². The van der Waals surface area contributed by atoms with E-state index in [-0.39, 0.29) is 0 Å². The molecule has 0 radical (unpaired) electrons. The molecule has 0 aliphatic heterocycles. The Balaban J connectivity index is 2.20. The fraction of sp³-hybridized carbons (Fsp3) is 0.231. The third kappa shape index (κ3) is 2.60. The molecule has 0 aliphatic rings. The molecule has 0 saturated heterocycles. The third-order valence-electron chi connectivity index (χ3n) is 2.79. The van der Waals surface area contributed by atoms with E-state index in [9.17, 15) is 5.11 Å². The van der Waals surface area contributed by atoms with Crippen LogP contribution in [-0.2, 0) is 6.42 Å². The summed E-state index contributed by atoms with van der Waals surface area (Å²) in [4.78, 5) is 8.03. The first-order valence-corrected chi connectivity index (χ1v) is 5.45. The van der Waals surface area contributed by atoms with E-state index in [4.69, 9.17) is 5.73 Å². The molecular weight excluding hydrogens is 214 g/mol. The minimum absolute atomic E-state index is 0.451. The summed E-state index contributed by atoms with van der Waals surface area (Å²) in [6.07, 6.45) is 6.57. The molecule has 0 saturated carbocycles. The molecule has 2 aromatic heterocycles. The Morgan fingerprint density at radius 1 is 1.24 bits per heavy atom. The van der Waals surface area contributed by atoms with Crippen LogP contribution in [0.1, 0.15) is 22.8 Å². The summed E-state index contributed by atoms with van der Waals surface area (Å²) >= 11 is 0. The number of aliphatic hydroxyl groups excluding tert-OH is 1. The predicted molar refractivity (Wildman–Crippen MR) is 66.3 cm³/mol. The zero-order valence-corrected chi connectivity index (χ0v) is 9.67. The van der Waals surface area contributed by atoms with Gasteiger partial charge in [-0.15, -0.1) is 0 Å². The number of nitrogens with two attached hydrogens (primary N) is 1. The molecule has 4 nitrogen and oxygen atoms in total. The predicted octanol–water partition coefficient (Wildman–Crippen LogP) is 1.64. The number of hydrogen-bond donors (Lipinski definition) is 2. The van der Waals surface area contributed by atoms with Gasteiger partial charge in [-0.3, -0.25) is 9.97 Å². The van der Waals surface area contributed by atoms with Crippen LogP contribution in [0.4, 0.5) is 5.69 Å². The highest BCUT2D eigenvalue weighted by molar-refractivity contribution is 5.45. The Morgan fingerprint density at radius 2 is 1.94 bits per heavy atom. The Kier molecular flexibility index (Phi) is 3.35. The van der Waals surface area contributed by atoms with Gasteiger partial charge in [0.05, 0.1) is 6.10 Å². The van der Waals surface area contributed by atoms with Crippen molar-refractivity contribution < 1.29 is 5.11 Å². The van der Waals surface area contributed by atoms with Crippen molar-refractivity contribution in [1.29, 1.82) is 0 Å². The smallest absolute Gasteiger partial charge is 0.0849 e. The van der Waals surface area contributed by atoms with Gasteiger partial charge in [-0.2, -0.15) is 0 Å². The molecular formula is C13H15N3O. The number of aromatic nitrogens is 2. The monoisotopic (exact) mass is 229 g/mol. The van der Waals surface area contributed by atoms with Gasteiger partial charge in [0.25, 0.3) is 0 Å². The van der Waals surface area contributed by atoms with Crippen molar-refractivity contribution in [3.8, 4) is 0 Å². The first kappa shape index (κ1) is 11.5. The lowest BCUT2D eigenvalue weighted by atomic mass is 10.00. The standard InChI is InChI=1S/C13H15N3O/c1-9-2-4-16-8-11(9)13(17)6-10-7-15-5-3-12(10)14/h2-5,7-8,13,17H,6H2,1H3,(H2,14,15). The second kappa shape index (κ2) is 4.93. The van der Waals surface area contributed by atoms with Crippen LogP contribution < -0.4 is 5.73 Å². The minimum atomic E-state index is -0.602. The molecule has 0 bridgehead atoms. The van der Waals surface area contributed by atoms with Crippen molar-refractivity contribution in [1.82, 2.24) is 9.97 Å². The molecule has 0 fully saturated rings. The summed E-state index contributed by atoms with van der Waals surface area (Å²) in [7, 11) is 0. The number of rotatable bonds is 3. The fourth-order valence-electron chi connectivity index (χ4n) is 1.75. The molecule has 1 atom stereocenters. The molecule has 2 rings (SSSR count). The van der Waals surface area contributed by atoms with Crippen molar-refractivity contribution in [3.63, 3.8) is 0 Å². The molecule has 0 amide bonds. The van der Waals surface area contributed by atoms with Gasteiger partial charge in [0.15, 0.2) is 0 Å². The molecule has 17 heavy (non-hydrogen) atoms. The third-order valence-corrected chi connectivity index (χ3v) is 2.79. The van der Waals surface area contributed by atoms with Gasteiger partial charge in [0, 0.05) is 42.5 Å². The maximum Gasteiger partial charge on any atom is 0.0849 e. The fourth-order valence-corrected chi connectivity index (χ4v) is 1.75. The second-order valence-corrected chi connectivity index (χ2v) is 4.03. The Morgan fingerprint density at radius 3 is 2.65 bits per heavy atom. The molecule has 0 spiro atoms. The van der Waals surface area contributed by atoms with E-state index in [1.165, 1.54) is 0 Å². The normalized spacial score (nSPS) is 12.4. The number of hydrogen-bond acceptors (Lipinski definition) is 4. The van der Waals surface area contributed by atoms with E-state index in [0.717, 1.165) is 16.7 Å². The van der Waals surface area contributed by atoms with Crippen LogP contribution in [0, 0.1) is 6.92 Å². The molecule has 88 valence electrons. The van der Waals surface area contributed by atoms with Crippen molar-refractivity contribution in [2.45, 2.75) is 19.4 Å². The van der Waals surface area contributed by atoms with Gasteiger partial charge in [0.2, 0.25) is 0 Å². The summed E-state index contributed by atoms with van der Waals surface area (Å²) in [5.41, 5.74) is 9.17. The second-order valence-electron chi connectivity index (χ2n) is 4.03. The molecule has 0 aliphatic carbocycles. The van der Waals surface area contributed by atoms with Gasteiger partial charge in [-0.05, 0) is 30.2 Å². The molecule has 0 aromatic carbocycles. The maximum atomic E-state index is 10.2. The Hall–Kier alpha value is -1.94. The lowest BCUT2D eigenvalue weighted by molar-refractivity contribution is 0.177. The summed E-state index contributed by atoms with van der Waals surface area (Å²) in [6.45, 7) is 1.95. The van der Waals surface area contributed by atoms with Crippen LogP contribution in [0.2, 0.25) is 0 Å².